The van der Waals surface area contributed by atoms with Gasteiger partial charge in [0.25, 0.3) is 0 Å². The van der Waals surface area contributed by atoms with E-state index in [1.807, 2.05) is 0 Å². The van der Waals surface area contributed by atoms with Gasteiger partial charge in [-0.3, -0.25) is 4.79 Å². The monoisotopic (exact) mass is 268 g/mol. The molecule has 19 heavy (non-hydrogen) atoms. The maximum absolute atomic E-state index is 12.0. The van der Waals surface area contributed by atoms with E-state index in [1.165, 1.54) is 38.5 Å². The summed E-state index contributed by atoms with van der Waals surface area (Å²) >= 11 is 0. The van der Waals surface area contributed by atoms with Gasteiger partial charge in [-0.25, -0.2) is 0 Å². The zero-order chi connectivity index (χ0) is 14.1. The maximum Gasteiger partial charge on any atom is 0.138 e. The molecule has 112 valence electrons. The van der Waals surface area contributed by atoms with Crippen molar-refractivity contribution in [2.75, 3.05) is 0 Å². The lowest BCUT2D eigenvalue weighted by Crippen LogP contribution is -2.20. The average molecular weight is 268 g/mol. The number of ketones is 1. The number of carbonyl (C=O) groups excluding carboxylic acids is 1. The molecule has 1 aliphatic carbocycles. The van der Waals surface area contributed by atoms with Crippen molar-refractivity contribution in [1.29, 1.82) is 0 Å². The molecule has 1 aliphatic rings. The Bertz CT molecular complexity index is 250. The summed E-state index contributed by atoms with van der Waals surface area (Å²) in [5, 5.41) is 10.0. The van der Waals surface area contributed by atoms with Crippen molar-refractivity contribution in [3.63, 3.8) is 0 Å². The Morgan fingerprint density at radius 3 is 2.21 bits per heavy atom. The van der Waals surface area contributed by atoms with Crippen LogP contribution in [0.15, 0.2) is 0 Å². The zero-order valence-corrected chi connectivity index (χ0v) is 12.9. The molecule has 0 aliphatic heterocycles. The molecular formula is C17H32O2. The van der Waals surface area contributed by atoms with Gasteiger partial charge < -0.3 is 5.11 Å². The van der Waals surface area contributed by atoms with Crippen molar-refractivity contribution in [1.82, 2.24) is 0 Å². The first-order valence-corrected chi connectivity index (χ1v) is 8.41. The summed E-state index contributed by atoms with van der Waals surface area (Å²) < 4.78 is 0. The third-order valence-corrected chi connectivity index (χ3v) is 4.59. The van der Waals surface area contributed by atoms with Crippen molar-refractivity contribution in [2.45, 2.75) is 90.6 Å². The van der Waals surface area contributed by atoms with Gasteiger partial charge in [0.05, 0.1) is 6.10 Å². The lowest BCUT2D eigenvalue weighted by Gasteiger charge is -2.20. The molecule has 1 fully saturated rings. The van der Waals surface area contributed by atoms with Gasteiger partial charge in [-0.05, 0) is 18.8 Å². The molecule has 0 aromatic rings. The minimum atomic E-state index is -0.356. The maximum atomic E-state index is 12.0. The molecule has 0 aromatic heterocycles. The van der Waals surface area contributed by atoms with E-state index in [0.29, 0.717) is 12.2 Å². The summed E-state index contributed by atoms with van der Waals surface area (Å²) in [5.74, 6) is 0.739. The van der Waals surface area contributed by atoms with E-state index >= 15 is 0 Å². The van der Waals surface area contributed by atoms with Crippen molar-refractivity contribution in [3.05, 3.63) is 0 Å². The van der Waals surface area contributed by atoms with Crippen LogP contribution in [0.2, 0.25) is 0 Å². The molecule has 2 heteroatoms. The Balaban J connectivity index is 2.31. The number of unbranched alkanes of at least 4 members (excludes halogenated alkanes) is 6. The number of Topliss-reactive ketones (excluding diaryl/α,β-unsaturated/α-hetero) is 1. The second kappa shape index (κ2) is 9.52. The minimum absolute atomic E-state index is 0.161. The van der Waals surface area contributed by atoms with Gasteiger partial charge in [0.2, 0.25) is 0 Å². The molecule has 1 saturated carbocycles. The van der Waals surface area contributed by atoms with Gasteiger partial charge in [0, 0.05) is 12.3 Å². The second-order valence-electron chi connectivity index (χ2n) is 6.21. The van der Waals surface area contributed by atoms with E-state index in [9.17, 15) is 9.90 Å². The van der Waals surface area contributed by atoms with E-state index < -0.39 is 0 Å². The fourth-order valence-electron chi connectivity index (χ4n) is 3.38. The van der Waals surface area contributed by atoms with E-state index in [2.05, 4.69) is 13.8 Å². The predicted octanol–water partition coefficient (Wildman–Crippen LogP) is 4.49. The molecular weight excluding hydrogens is 236 g/mol. The highest BCUT2D eigenvalue weighted by molar-refractivity contribution is 5.84. The summed E-state index contributed by atoms with van der Waals surface area (Å²) in [5.41, 5.74) is 0. The lowest BCUT2D eigenvalue weighted by molar-refractivity contribution is -0.121. The molecule has 0 saturated heterocycles. The first-order valence-electron chi connectivity index (χ1n) is 8.41. The van der Waals surface area contributed by atoms with Crippen molar-refractivity contribution in [2.24, 2.45) is 11.8 Å². The molecule has 2 nitrogen and oxygen atoms in total. The summed E-state index contributed by atoms with van der Waals surface area (Å²) in [6.45, 7) is 4.42. The van der Waals surface area contributed by atoms with E-state index in [0.717, 1.165) is 25.7 Å². The van der Waals surface area contributed by atoms with Gasteiger partial charge in [0.1, 0.15) is 5.78 Å². The van der Waals surface area contributed by atoms with Crippen LogP contribution >= 0.6 is 0 Å². The molecule has 3 unspecified atom stereocenters. The van der Waals surface area contributed by atoms with Gasteiger partial charge in [-0.1, -0.05) is 65.2 Å². The van der Waals surface area contributed by atoms with E-state index in [1.54, 1.807) is 0 Å². The Hall–Kier alpha value is -0.370. The average Bonchev–Trinajstić information content (AvgIpc) is 2.65. The van der Waals surface area contributed by atoms with Crippen molar-refractivity contribution < 1.29 is 9.90 Å². The van der Waals surface area contributed by atoms with Gasteiger partial charge >= 0.3 is 0 Å². The van der Waals surface area contributed by atoms with Crippen LogP contribution in [0, 0.1) is 11.8 Å². The summed E-state index contributed by atoms with van der Waals surface area (Å²) in [6, 6.07) is 0. The molecule has 3 atom stereocenters. The Kier molecular flexibility index (Phi) is 8.36. The number of aliphatic hydroxyl groups excluding tert-OH is 1. The Morgan fingerprint density at radius 2 is 1.53 bits per heavy atom. The topological polar surface area (TPSA) is 37.3 Å². The Morgan fingerprint density at radius 1 is 0.947 bits per heavy atom. The molecule has 1 rings (SSSR count). The highest BCUT2D eigenvalue weighted by atomic mass is 16.3. The lowest BCUT2D eigenvalue weighted by atomic mass is 9.85. The highest BCUT2D eigenvalue weighted by Gasteiger charge is 2.40. The van der Waals surface area contributed by atoms with Crippen LogP contribution in [0.4, 0.5) is 0 Å². The third kappa shape index (κ3) is 5.64. The standard InChI is InChI=1S/C17H32O2/c1-3-5-7-8-10-12-15-14(11-9-6-4-2)16(18)13-17(15)19/h14-16,18H,3-13H2,1-2H3. The Labute approximate surface area is 119 Å². The fraction of sp³-hybridized carbons (Fsp3) is 0.941. The van der Waals surface area contributed by atoms with E-state index in [-0.39, 0.29) is 17.9 Å². The smallest absolute Gasteiger partial charge is 0.138 e. The van der Waals surface area contributed by atoms with E-state index in [4.69, 9.17) is 0 Å². The van der Waals surface area contributed by atoms with Crippen molar-refractivity contribution >= 4 is 5.78 Å². The molecule has 0 aromatic carbocycles. The number of hydrogen-bond donors (Lipinski definition) is 1. The van der Waals surface area contributed by atoms with Gasteiger partial charge in [-0.15, -0.1) is 0 Å². The largest absolute Gasteiger partial charge is 0.392 e. The summed E-state index contributed by atoms with van der Waals surface area (Å²) in [6.07, 6.45) is 12.0. The van der Waals surface area contributed by atoms with Crippen molar-refractivity contribution in [3.8, 4) is 0 Å². The summed E-state index contributed by atoms with van der Waals surface area (Å²) in [7, 11) is 0. The van der Waals surface area contributed by atoms with Gasteiger partial charge in [-0.2, -0.15) is 0 Å². The van der Waals surface area contributed by atoms with Gasteiger partial charge in [0.15, 0.2) is 0 Å². The van der Waals surface area contributed by atoms with Crippen LogP contribution < -0.4 is 0 Å². The number of hydrogen-bond acceptors (Lipinski definition) is 2. The summed E-state index contributed by atoms with van der Waals surface area (Å²) in [4.78, 5) is 12.0. The first kappa shape index (κ1) is 16.7. The van der Waals surface area contributed by atoms with Crippen LogP contribution in [-0.2, 0) is 4.79 Å². The second-order valence-corrected chi connectivity index (χ2v) is 6.21. The number of aliphatic hydroxyl groups is 1. The molecule has 1 N–H and O–H groups in total. The number of carbonyl (C=O) groups is 1. The van der Waals surface area contributed by atoms with Crippen LogP contribution in [-0.4, -0.2) is 17.0 Å². The zero-order valence-electron chi connectivity index (χ0n) is 12.9. The molecule has 0 radical (unpaired) electrons. The fourth-order valence-corrected chi connectivity index (χ4v) is 3.38. The van der Waals surface area contributed by atoms with Crippen LogP contribution in [0.3, 0.4) is 0 Å². The molecule has 0 spiro atoms. The van der Waals surface area contributed by atoms with Crippen LogP contribution in [0.5, 0.6) is 0 Å². The van der Waals surface area contributed by atoms with Crippen LogP contribution in [0.1, 0.15) is 84.5 Å². The molecule has 0 bridgehead atoms. The SMILES string of the molecule is CCCCCCCC1C(=O)CC(O)C1CCCCC. The normalized spacial score (nSPS) is 27.1. The van der Waals surface area contributed by atoms with Crippen LogP contribution in [0.25, 0.3) is 0 Å². The highest BCUT2D eigenvalue weighted by Crippen LogP contribution is 2.36. The first-order chi connectivity index (χ1) is 9.20. The minimum Gasteiger partial charge on any atom is -0.392 e. The number of rotatable bonds is 10. The molecule has 0 heterocycles. The third-order valence-electron chi connectivity index (χ3n) is 4.59. The predicted molar refractivity (Wildman–Crippen MR) is 80.1 cm³/mol. The quantitative estimate of drug-likeness (QED) is 0.593. The molecule has 0 amide bonds.